The molecule has 9 nitrogen and oxygen atoms in total. The van der Waals surface area contributed by atoms with Crippen molar-refractivity contribution >= 4 is 17.4 Å². The summed E-state index contributed by atoms with van der Waals surface area (Å²) in [7, 11) is 1.61. The van der Waals surface area contributed by atoms with Crippen LogP contribution in [0.5, 0.6) is 5.88 Å². The summed E-state index contributed by atoms with van der Waals surface area (Å²) in [6, 6.07) is 5.94. The molecule has 4 rings (SSSR count). The summed E-state index contributed by atoms with van der Waals surface area (Å²) in [5.74, 6) is 2.19. The number of ether oxygens (including phenoxy) is 1. The lowest BCUT2D eigenvalue weighted by Crippen LogP contribution is -2.53. The highest BCUT2D eigenvalue weighted by Crippen LogP contribution is 2.21. The largest absolute Gasteiger partial charge is 0.481 e. The normalized spacial score (nSPS) is 18.2. The van der Waals surface area contributed by atoms with Crippen LogP contribution in [0.15, 0.2) is 30.7 Å². The molecule has 124 valence electrons. The van der Waals surface area contributed by atoms with Crippen LogP contribution in [0.2, 0.25) is 0 Å². The summed E-state index contributed by atoms with van der Waals surface area (Å²) in [6.45, 7) is 4.64. The molecule has 3 aromatic heterocycles. The predicted octanol–water partition coefficient (Wildman–Crippen LogP) is 0.638. The molecule has 0 N–H and O–H groups in total. The quantitative estimate of drug-likeness (QED) is 0.693. The lowest BCUT2D eigenvalue weighted by Gasteiger charge is -2.40. The molecule has 1 atom stereocenters. The molecule has 0 saturated carbocycles. The van der Waals surface area contributed by atoms with Crippen LogP contribution in [0, 0.1) is 0 Å². The van der Waals surface area contributed by atoms with Gasteiger partial charge < -0.3 is 14.5 Å². The zero-order valence-electron chi connectivity index (χ0n) is 13.6. The fraction of sp³-hybridized carbons (Fsp3) is 0.400. The molecule has 0 amide bonds. The number of methoxy groups -OCH3 is 1. The minimum absolute atomic E-state index is 0.273. The maximum Gasteiger partial charge on any atom is 0.228 e. The lowest BCUT2D eigenvalue weighted by molar-refractivity contribution is 0.396. The van der Waals surface area contributed by atoms with E-state index in [9.17, 15) is 0 Å². The molecule has 9 heteroatoms. The van der Waals surface area contributed by atoms with Crippen LogP contribution in [-0.4, -0.2) is 62.6 Å². The first-order chi connectivity index (χ1) is 11.7. The summed E-state index contributed by atoms with van der Waals surface area (Å²) in [5.41, 5.74) is 0.745. The van der Waals surface area contributed by atoms with E-state index in [0.717, 1.165) is 31.1 Å². The van der Waals surface area contributed by atoms with Gasteiger partial charge in [-0.2, -0.15) is 9.50 Å². The first-order valence-corrected chi connectivity index (χ1v) is 7.80. The maximum atomic E-state index is 5.18. The second kappa shape index (κ2) is 5.91. The Kier molecular flexibility index (Phi) is 3.60. The molecule has 1 saturated heterocycles. The zero-order chi connectivity index (χ0) is 16.5. The number of piperazine rings is 1. The first kappa shape index (κ1) is 14.6. The topological polar surface area (TPSA) is 84.6 Å². The second-order valence-electron chi connectivity index (χ2n) is 5.71. The average Bonchev–Trinajstić information content (AvgIpc) is 3.09. The highest BCUT2D eigenvalue weighted by Gasteiger charge is 2.26. The van der Waals surface area contributed by atoms with Gasteiger partial charge in [-0.05, 0) is 19.1 Å². The van der Waals surface area contributed by atoms with Crippen molar-refractivity contribution < 1.29 is 4.74 Å². The van der Waals surface area contributed by atoms with Gasteiger partial charge in [0.25, 0.3) is 0 Å². The monoisotopic (exact) mass is 326 g/mol. The second-order valence-corrected chi connectivity index (χ2v) is 5.71. The molecule has 0 aliphatic carbocycles. The van der Waals surface area contributed by atoms with Gasteiger partial charge in [0.15, 0.2) is 5.65 Å². The van der Waals surface area contributed by atoms with Crippen molar-refractivity contribution in [1.82, 2.24) is 29.8 Å². The van der Waals surface area contributed by atoms with Crippen LogP contribution in [0.1, 0.15) is 6.92 Å². The van der Waals surface area contributed by atoms with Crippen LogP contribution >= 0.6 is 0 Å². The van der Waals surface area contributed by atoms with Gasteiger partial charge in [0.2, 0.25) is 11.8 Å². The molecule has 0 spiro atoms. The molecule has 4 heterocycles. The highest BCUT2D eigenvalue weighted by atomic mass is 16.5. The minimum atomic E-state index is 0.273. The molecule has 0 radical (unpaired) electrons. The van der Waals surface area contributed by atoms with Crippen molar-refractivity contribution in [3.63, 3.8) is 0 Å². The third-order valence-corrected chi connectivity index (χ3v) is 4.18. The first-order valence-electron chi connectivity index (χ1n) is 7.80. The molecule has 0 aromatic carbocycles. The Morgan fingerprint density at radius 3 is 2.96 bits per heavy atom. The van der Waals surface area contributed by atoms with Crippen molar-refractivity contribution in [2.24, 2.45) is 0 Å². The molecule has 1 aliphatic rings. The summed E-state index contributed by atoms with van der Waals surface area (Å²) in [4.78, 5) is 13.2. The molecular formula is C15H18N8O. The maximum absolute atomic E-state index is 5.18. The molecule has 1 unspecified atom stereocenters. The SMILES string of the molecule is COc1ccnc(N2CCN(c3ccc4nncn4n3)C(C)C2)n1. The van der Waals surface area contributed by atoms with Crippen molar-refractivity contribution in [3.05, 3.63) is 30.7 Å². The van der Waals surface area contributed by atoms with Crippen LogP contribution in [0.25, 0.3) is 5.65 Å². The van der Waals surface area contributed by atoms with Crippen LogP contribution in [0.4, 0.5) is 11.8 Å². The lowest BCUT2D eigenvalue weighted by atomic mass is 10.2. The molecule has 1 fully saturated rings. The molecule has 1 aliphatic heterocycles. The Balaban J connectivity index is 1.53. The number of fused-ring (bicyclic) bond motifs is 1. The molecule has 0 bridgehead atoms. The third kappa shape index (κ3) is 2.57. The summed E-state index contributed by atoms with van der Waals surface area (Å²) < 4.78 is 6.88. The number of rotatable bonds is 3. The van der Waals surface area contributed by atoms with Crippen LogP contribution in [0.3, 0.4) is 0 Å². The van der Waals surface area contributed by atoms with Gasteiger partial charge in [0.1, 0.15) is 12.1 Å². The standard InChI is InChI=1S/C15H18N8O/c1-11-9-21(15-16-6-5-14(18-15)24-2)7-8-22(11)13-4-3-12-19-17-10-23(12)20-13/h3-6,10-11H,7-9H2,1-2H3. The zero-order valence-corrected chi connectivity index (χ0v) is 13.6. The number of hydrogen-bond acceptors (Lipinski definition) is 8. The number of nitrogens with zero attached hydrogens (tertiary/aromatic N) is 8. The van der Waals surface area contributed by atoms with E-state index in [1.54, 1.807) is 30.2 Å². The van der Waals surface area contributed by atoms with Crippen molar-refractivity contribution in [2.45, 2.75) is 13.0 Å². The van der Waals surface area contributed by atoms with E-state index < -0.39 is 0 Å². The van der Waals surface area contributed by atoms with E-state index >= 15 is 0 Å². The Hall–Kier alpha value is -2.97. The van der Waals surface area contributed by atoms with Gasteiger partial charge in [0.05, 0.1) is 7.11 Å². The van der Waals surface area contributed by atoms with Gasteiger partial charge in [-0.25, -0.2) is 4.98 Å². The summed E-state index contributed by atoms with van der Waals surface area (Å²) in [5, 5.41) is 12.4. The van der Waals surface area contributed by atoms with E-state index in [0.29, 0.717) is 11.8 Å². The van der Waals surface area contributed by atoms with Gasteiger partial charge in [-0.3, -0.25) is 0 Å². The summed E-state index contributed by atoms with van der Waals surface area (Å²) in [6.07, 6.45) is 3.34. The Labute approximate surface area is 138 Å². The number of hydrogen-bond donors (Lipinski definition) is 0. The number of aromatic nitrogens is 6. The smallest absolute Gasteiger partial charge is 0.228 e. The van der Waals surface area contributed by atoms with E-state index in [1.807, 2.05) is 12.1 Å². The summed E-state index contributed by atoms with van der Waals surface area (Å²) >= 11 is 0. The van der Waals surface area contributed by atoms with Crippen LogP contribution in [-0.2, 0) is 0 Å². The van der Waals surface area contributed by atoms with E-state index in [2.05, 4.69) is 42.0 Å². The van der Waals surface area contributed by atoms with Crippen molar-refractivity contribution in [3.8, 4) is 5.88 Å². The molecule has 3 aromatic rings. The van der Waals surface area contributed by atoms with Gasteiger partial charge in [-0.15, -0.1) is 15.3 Å². The highest BCUT2D eigenvalue weighted by molar-refractivity contribution is 5.48. The van der Waals surface area contributed by atoms with E-state index in [4.69, 9.17) is 4.74 Å². The van der Waals surface area contributed by atoms with Gasteiger partial charge in [0, 0.05) is 37.9 Å². The van der Waals surface area contributed by atoms with Gasteiger partial charge in [-0.1, -0.05) is 0 Å². The molecular weight excluding hydrogens is 308 g/mol. The predicted molar refractivity (Wildman–Crippen MR) is 88.4 cm³/mol. The average molecular weight is 326 g/mol. The number of anilines is 2. The fourth-order valence-corrected chi connectivity index (χ4v) is 2.95. The Morgan fingerprint density at radius 2 is 2.12 bits per heavy atom. The third-order valence-electron chi connectivity index (χ3n) is 4.18. The fourth-order valence-electron chi connectivity index (χ4n) is 2.95. The van der Waals surface area contributed by atoms with Crippen molar-refractivity contribution in [1.29, 1.82) is 0 Å². The minimum Gasteiger partial charge on any atom is -0.481 e. The van der Waals surface area contributed by atoms with Crippen LogP contribution < -0.4 is 14.5 Å². The van der Waals surface area contributed by atoms with E-state index in [1.165, 1.54) is 0 Å². The van der Waals surface area contributed by atoms with E-state index in [-0.39, 0.29) is 6.04 Å². The molecule has 24 heavy (non-hydrogen) atoms. The van der Waals surface area contributed by atoms with Crippen molar-refractivity contribution in [2.75, 3.05) is 36.5 Å². The van der Waals surface area contributed by atoms with Gasteiger partial charge >= 0.3 is 0 Å². The Morgan fingerprint density at radius 1 is 1.21 bits per heavy atom. The Bertz CT molecular complexity index is 850.